The lowest BCUT2D eigenvalue weighted by atomic mass is 9.70. The molecule has 248 valence electrons. The van der Waals surface area contributed by atoms with Gasteiger partial charge in [-0.05, 0) is 70.5 Å². The molecule has 0 saturated carbocycles. The van der Waals surface area contributed by atoms with Crippen LogP contribution in [0.5, 0.6) is 0 Å². The van der Waals surface area contributed by atoms with E-state index in [0.29, 0.717) is 52.9 Å². The van der Waals surface area contributed by atoms with E-state index < -0.39 is 0 Å². The SMILES string of the molecule is CCCCCCC1(CCCCCC)c2cc(C#N)ccc2-c2ccc(C3=CC4OCCOCCOCCOCCOC4C=C3)cc21. The van der Waals surface area contributed by atoms with Gasteiger partial charge in [-0.15, -0.1) is 0 Å². The number of nitriles is 1. The molecule has 2 unspecified atom stereocenters. The molecule has 0 spiro atoms. The van der Waals surface area contributed by atoms with Crippen LogP contribution in [0.4, 0.5) is 0 Å². The zero-order chi connectivity index (χ0) is 32.0. The molecule has 0 aromatic heterocycles. The van der Waals surface area contributed by atoms with Crippen LogP contribution in [0.25, 0.3) is 16.7 Å². The standard InChI is InChI=1S/C40H53NO5/c1-3-5-7-9-17-40(18-10-8-6-4-2)36-27-31(30-41)11-14-34(36)35-15-12-32(28-37(35)40)33-13-16-38-39(29-33)46-26-24-44-22-20-42-19-21-43-23-25-45-38/h11-16,27-29,38-39H,3-10,17-26H2,1-2H3. The monoisotopic (exact) mass is 627 g/mol. The summed E-state index contributed by atoms with van der Waals surface area (Å²) in [5, 5.41) is 9.89. The second kappa shape index (κ2) is 17.9. The number of unbranched alkanes of at least 4 members (excludes halogenated alkanes) is 6. The molecule has 1 heterocycles. The van der Waals surface area contributed by atoms with E-state index >= 15 is 0 Å². The first-order valence-corrected chi connectivity index (χ1v) is 17.8. The second-order valence-electron chi connectivity index (χ2n) is 12.8. The zero-order valence-electron chi connectivity index (χ0n) is 28.1. The van der Waals surface area contributed by atoms with E-state index in [0.717, 1.165) is 24.0 Å². The lowest BCUT2D eigenvalue weighted by Crippen LogP contribution is -2.32. The number of rotatable bonds is 11. The fourth-order valence-corrected chi connectivity index (χ4v) is 7.26. The molecule has 46 heavy (non-hydrogen) atoms. The maximum atomic E-state index is 9.89. The van der Waals surface area contributed by atoms with E-state index in [4.69, 9.17) is 23.7 Å². The molecule has 0 amide bonds. The third-order valence-corrected chi connectivity index (χ3v) is 9.69. The lowest BCUT2D eigenvalue weighted by molar-refractivity contribution is -0.0559. The lowest BCUT2D eigenvalue weighted by Gasteiger charge is -2.33. The Morgan fingerprint density at radius 2 is 1.24 bits per heavy atom. The number of hydrogen-bond acceptors (Lipinski definition) is 6. The topological polar surface area (TPSA) is 69.9 Å². The van der Waals surface area contributed by atoms with E-state index in [1.807, 2.05) is 6.07 Å². The molecular formula is C40H53NO5. The van der Waals surface area contributed by atoms with Gasteiger partial charge >= 0.3 is 0 Å². The molecule has 5 rings (SSSR count). The molecule has 1 aliphatic heterocycles. The van der Waals surface area contributed by atoms with Crippen LogP contribution in [-0.2, 0) is 29.1 Å². The van der Waals surface area contributed by atoms with Gasteiger partial charge in [0.2, 0.25) is 0 Å². The molecule has 2 aliphatic carbocycles. The number of ether oxygens (including phenoxy) is 5. The van der Waals surface area contributed by atoms with Crippen molar-refractivity contribution in [3.63, 3.8) is 0 Å². The second-order valence-corrected chi connectivity index (χ2v) is 12.8. The fourth-order valence-electron chi connectivity index (χ4n) is 7.26. The highest BCUT2D eigenvalue weighted by atomic mass is 16.6. The van der Waals surface area contributed by atoms with Crippen molar-refractivity contribution < 1.29 is 23.7 Å². The first-order chi connectivity index (χ1) is 22.7. The Morgan fingerprint density at radius 3 is 1.85 bits per heavy atom. The predicted octanol–water partition coefficient (Wildman–Crippen LogP) is 8.55. The number of hydrogen-bond donors (Lipinski definition) is 0. The third kappa shape index (κ3) is 8.56. The van der Waals surface area contributed by atoms with Gasteiger partial charge < -0.3 is 23.7 Å². The normalized spacial score (nSPS) is 21.6. The summed E-state index contributed by atoms with van der Waals surface area (Å²) in [5.74, 6) is 0. The maximum Gasteiger partial charge on any atom is 0.106 e. The predicted molar refractivity (Wildman–Crippen MR) is 184 cm³/mol. The molecule has 1 fully saturated rings. The zero-order valence-corrected chi connectivity index (χ0v) is 28.1. The van der Waals surface area contributed by atoms with Crippen molar-refractivity contribution >= 4 is 5.57 Å². The van der Waals surface area contributed by atoms with Crippen molar-refractivity contribution in [1.29, 1.82) is 5.26 Å². The van der Waals surface area contributed by atoms with Gasteiger partial charge in [-0.2, -0.15) is 5.26 Å². The highest BCUT2D eigenvalue weighted by Crippen LogP contribution is 2.55. The summed E-state index contributed by atoms with van der Waals surface area (Å²) >= 11 is 0. The summed E-state index contributed by atoms with van der Waals surface area (Å²) < 4.78 is 29.5. The van der Waals surface area contributed by atoms with Gasteiger partial charge in [-0.3, -0.25) is 0 Å². The van der Waals surface area contributed by atoms with Gasteiger partial charge in [0, 0.05) is 5.41 Å². The summed E-state index contributed by atoms with van der Waals surface area (Å²) in [5.41, 5.74) is 8.41. The largest absolute Gasteiger partial charge is 0.377 e. The highest BCUT2D eigenvalue weighted by Gasteiger charge is 2.42. The van der Waals surface area contributed by atoms with Crippen LogP contribution < -0.4 is 0 Å². The summed E-state index contributed by atoms with van der Waals surface area (Å²) in [6.07, 6.45) is 18.2. The van der Waals surface area contributed by atoms with Gasteiger partial charge in [-0.1, -0.05) is 95.6 Å². The molecule has 0 N–H and O–H groups in total. The van der Waals surface area contributed by atoms with Crippen LogP contribution in [0.2, 0.25) is 0 Å². The summed E-state index contributed by atoms with van der Waals surface area (Å²) in [6, 6.07) is 15.8. The van der Waals surface area contributed by atoms with E-state index in [1.165, 1.54) is 79.2 Å². The minimum Gasteiger partial charge on any atom is -0.377 e. The minimum absolute atomic E-state index is 0.0831. The molecule has 0 radical (unpaired) electrons. The Morgan fingerprint density at radius 1 is 0.674 bits per heavy atom. The molecule has 6 heteroatoms. The van der Waals surface area contributed by atoms with Crippen LogP contribution in [0.15, 0.2) is 54.6 Å². The number of benzene rings is 2. The quantitative estimate of drug-likeness (QED) is 0.233. The van der Waals surface area contributed by atoms with Gasteiger partial charge in [0.05, 0.1) is 64.5 Å². The van der Waals surface area contributed by atoms with Gasteiger partial charge in [0.15, 0.2) is 0 Å². The Hall–Kier alpha value is -2.79. The van der Waals surface area contributed by atoms with Crippen LogP contribution >= 0.6 is 0 Å². The van der Waals surface area contributed by atoms with E-state index in [-0.39, 0.29) is 17.6 Å². The van der Waals surface area contributed by atoms with Crippen LogP contribution in [0.3, 0.4) is 0 Å². The number of nitrogens with zero attached hydrogens (tertiary/aromatic N) is 1. The highest BCUT2D eigenvalue weighted by molar-refractivity contribution is 5.85. The third-order valence-electron chi connectivity index (χ3n) is 9.69. The van der Waals surface area contributed by atoms with Crippen molar-refractivity contribution in [2.75, 3.05) is 52.9 Å². The molecule has 3 aliphatic rings. The minimum atomic E-state index is -0.221. The molecule has 2 aromatic rings. The Labute approximate surface area is 276 Å². The first-order valence-electron chi connectivity index (χ1n) is 17.8. The Balaban J connectivity index is 1.47. The van der Waals surface area contributed by atoms with Crippen LogP contribution in [0.1, 0.15) is 100 Å². The molecule has 2 aromatic carbocycles. The molecule has 6 nitrogen and oxygen atoms in total. The summed E-state index contributed by atoms with van der Waals surface area (Å²) in [6.45, 7) is 8.76. The molecular weight excluding hydrogens is 574 g/mol. The summed E-state index contributed by atoms with van der Waals surface area (Å²) in [4.78, 5) is 0. The van der Waals surface area contributed by atoms with E-state index in [9.17, 15) is 5.26 Å². The van der Waals surface area contributed by atoms with Crippen molar-refractivity contribution in [3.8, 4) is 17.2 Å². The molecule has 0 bridgehead atoms. The molecule has 2 atom stereocenters. The van der Waals surface area contributed by atoms with E-state index in [2.05, 4.69) is 68.5 Å². The fraction of sp³-hybridized carbons (Fsp3) is 0.575. The average molecular weight is 628 g/mol. The number of allylic oxidation sites excluding steroid dienone is 2. The Bertz CT molecular complexity index is 1350. The first kappa shape index (κ1) is 34.5. The van der Waals surface area contributed by atoms with Gasteiger partial charge in [-0.25, -0.2) is 0 Å². The van der Waals surface area contributed by atoms with Crippen molar-refractivity contribution in [3.05, 3.63) is 76.9 Å². The summed E-state index contributed by atoms with van der Waals surface area (Å²) in [7, 11) is 0. The van der Waals surface area contributed by atoms with Crippen molar-refractivity contribution in [2.45, 2.75) is 95.7 Å². The van der Waals surface area contributed by atoms with Crippen LogP contribution in [0, 0.1) is 11.3 Å². The maximum absolute atomic E-state index is 9.89. The van der Waals surface area contributed by atoms with Crippen molar-refractivity contribution in [1.82, 2.24) is 0 Å². The Kier molecular flexibility index (Phi) is 13.5. The number of fused-ring (bicyclic) bond motifs is 4. The van der Waals surface area contributed by atoms with Gasteiger partial charge in [0.1, 0.15) is 12.2 Å². The smallest absolute Gasteiger partial charge is 0.106 e. The van der Waals surface area contributed by atoms with E-state index in [1.54, 1.807) is 0 Å². The molecule has 1 saturated heterocycles. The van der Waals surface area contributed by atoms with Gasteiger partial charge in [0.25, 0.3) is 0 Å². The van der Waals surface area contributed by atoms with Crippen molar-refractivity contribution in [2.24, 2.45) is 0 Å². The average Bonchev–Trinajstić information content (AvgIpc) is 3.34. The van der Waals surface area contributed by atoms with Crippen LogP contribution in [-0.4, -0.2) is 65.1 Å².